The summed E-state index contributed by atoms with van der Waals surface area (Å²) in [7, 11) is -3.47. The van der Waals surface area contributed by atoms with Gasteiger partial charge in [0.1, 0.15) is 12.0 Å². The summed E-state index contributed by atoms with van der Waals surface area (Å²) in [6, 6.07) is 3.35. The molecule has 0 spiro atoms. The number of sulfonamides is 1. The molecule has 2 rings (SSSR count). The lowest BCUT2D eigenvalue weighted by Crippen LogP contribution is -2.26. The van der Waals surface area contributed by atoms with Crippen LogP contribution in [0.1, 0.15) is 5.69 Å². The number of rotatable bonds is 0. The van der Waals surface area contributed by atoms with Gasteiger partial charge in [0, 0.05) is 5.69 Å². The van der Waals surface area contributed by atoms with Crippen LogP contribution in [0, 0.1) is 6.92 Å². The van der Waals surface area contributed by atoms with Crippen molar-refractivity contribution in [1.82, 2.24) is 9.71 Å². The van der Waals surface area contributed by atoms with Crippen LogP contribution in [-0.2, 0) is 10.0 Å². The molecule has 0 saturated heterocycles. The van der Waals surface area contributed by atoms with Gasteiger partial charge >= 0.3 is 0 Å². The van der Waals surface area contributed by atoms with Crippen molar-refractivity contribution in [3.63, 3.8) is 0 Å². The molecule has 0 unspecified atom stereocenters. The summed E-state index contributed by atoms with van der Waals surface area (Å²) < 4.78 is 24.9. The first-order valence-electron chi connectivity index (χ1n) is 3.62. The largest absolute Gasteiger partial charge is 0.282 e. The van der Waals surface area contributed by atoms with E-state index in [4.69, 9.17) is 0 Å². The van der Waals surface area contributed by atoms with Gasteiger partial charge in [-0.25, -0.2) is 9.98 Å². The zero-order valence-corrected chi connectivity index (χ0v) is 7.67. The SMILES string of the molecule is Cc1ccc2c(n1)S(=O)(=O)NC=N2. The monoisotopic (exact) mass is 197 g/mol. The minimum Gasteiger partial charge on any atom is -0.268 e. The predicted octanol–water partition coefficient (Wildman–Crippen LogP) is 0.342. The van der Waals surface area contributed by atoms with Crippen molar-refractivity contribution in [1.29, 1.82) is 0 Å². The van der Waals surface area contributed by atoms with Crippen molar-refractivity contribution in [3.8, 4) is 0 Å². The summed E-state index contributed by atoms with van der Waals surface area (Å²) in [6.45, 7) is 1.73. The number of aryl methyl sites for hydroxylation is 1. The van der Waals surface area contributed by atoms with E-state index in [1.54, 1.807) is 19.1 Å². The average Bonchev–Trinajstić information content (AvgIpc) is 2.06. The maximum Gasteiger partial charge on any atom is 0.282 e. The lowest BCUT2D eigenvalue weighted by molar-refractivity contribution is 0.588. The smallest absolute Gasteiger partial charge is 0.268 e. The van der Waals surface area contributed by atoms with Crippen molar-refractivity contribution >= 4 is 22.0 Å². The molecule has 13 heavy (non-hydrogen) atoms. The molecule has 1 N–H and O–H groups in total. The zero-order chi connectivity index (χ0) is 9.47. The first-order chi connectivity index (χ1) is 6.09. The molecule has 0 saturated carbocycles. The summed E-state index contributed by atoms with van der Waals surface area (Å²) >= 11 is 0. The van der Waals surface area contributed by atoms with E-state index in [0.29, 0.717) is 11.4 Å². The van der Waals surface area contributed by atoms with Gasteiger partial charge in [0.25, 0.3) is 10.0 Å². The van der Waals surface area contributed by atoms with Crippen molar-refractivity contribution in [2.45, 2.75) is 11.9 Å². The van der Waals surface area contributed by atoms with Crippen LogP contribution in [0.15, 0.2) is 22.2 Å². The maximum atomic E-state index is 11.4. The molecule has 0 aromatic carbocycles. The van der Waals surface area contributed by atoms with Gasteiger partial charge in [0.15, 0.2) is 0 Å². The fourth-order valence-corrected chi connectivity index (χ4v) is 2.01. The Labute approximate surface area is 75.6 Å². The van der Waals surface area contributed by atoms with Gasteiger partial charge in [-0.3, -0.25) is 4.72 Å². The summed E-state index contributed by atoms with van der Waals surface area (Å²) in [5.41, 5.74) is 1.03. The van der Waals surface area contributed by atoms with Gasteiger partial charge in [-0.2, -0.15) is 8.42 Å². The fraction of sp³-hybridized carbons (Fsp3) is 0.143. The molecule has 1 aliphatic rings. The highest BCUT2D eigenvalue weighted by atomic mass is 32.2. The molecule has 0 fully saturated rings. The highest BCUT2D eigenvalue weighted by molar-refractivity contribution is 7.90. The molecule has 1 aromatic rings. The Morgan fingerprint density at radius 2 is 2.15 bits per heavy atom. The Balaban J connectivity index is 2.77. The van der Waals surface area contributed by atoms with Crippen molar-refractivity contribution in [2.24, 2.45) is 4.99 Å². The highest BCUT2D eigenvalue weighted by Gasteiger charge is 2.22. The molecule has 2 heterocycles. The van der Waals surface area contributed by atoms with Gasteiger partial charge in [0.05, 0.1) is 0 Å². The lowest BCUT2D eigenvalue weighted by Gasteiger charge is -2.10. The third kappa shape index (κ3) is 1.29. The molecule has 6 heteroatoms. The highest BCUT2D eigenvalue weighted by Crippen LogP contribution is 2.23. The molecule has 5 nitrogen and oxygen atoms in total. The van der Waals surface area contributed by atoms with Gasteiger partial charge in [-0.1, -0.05) is 0 Å². The number of aliphatic imine (C=N–C) groups is 1. The first kappa shape index (κ1) is 8.18. The Kier molecular flexibility index (Phi) is 1.59. The fourth-order valence-electron chi connectivity index (χ4n) is 1.04. The summed E-state index contributed by atoms with van der Waals surface area (Å²) in [5, 5.41) is -0.00463. The van der Waals surface area contributed by atoms with Crippen LogP contribution in [0.5, 0.6) is 0 Å². The van der Waals surface area contributed by atoms with Crippen LogP contribution in [0.25, 0.3) is 0 Å². The minimum atomic E-state index is -3.47. The van der Waals surface area contributed by atoms with Crippen LogP contribution in [0.4, 0.5) is 5.69 Å². The Hall–Kier alpha value is -1.43. The molecule has 0 aliphatic carbocycles. The third-order valence-electron chi connectivity index (χ3n) is 1.65. The van der Waals surface area contributed by atoms with Crippen LogP contribution in [-0.4, -0.2) is 19.7 Å². The average molecular weight is 197 g/mol. The quantitative estimate of drug-likeness (QED) is 0.652. The molecular weight excluding hydrogens is 190 g/mol. The van der Waals surface area contributed by atoms with Crippen LogP contribution in [0.2, 0.25) is 0 Å². The predicted molar refractivity (Wildman–Crippen MR) is 47.4 cm³/mol. The second-order valence-corrected chi connectivity index (χ2v) is 4.29. The number of hydrogen-bond acceptors (Lipinski definition) is 4. The van der Waals surface area contributed by atoms with Crippen LogP contribution in [0.3, 0.4) is 0 Å². The zero-order valence-electron chi connectivity index (χ0n) is 6.85. The van der Waals surface area contributed by atoms with Gasteiger partial charge in [-0.15, -0.1) is 0 Å². The number of pyridine rings is 1. The van der Waals surface area contributed by atoms with E-state index in [2.05, 4.69) is 14.7 Å². The topological polar surface area (TPSA) is 71.4 Å². The van der Waals surface area contributed by atoms with Gasteiger partial charge in [-0.05, 0) is 19.1 Å². The number of aromatic nitrogens is 1. The van der Waals surface area contributed by atoms with E-state index in [1.807, 2.05) is 0 Å². The number of hydrogen-bond donors (Lipinski definition) is 1. The molecule has 0 bridgehead atoms. The molecule has 0 atom stereocenters. The summed E-state index contributed by atoms with van der Waals surface area (Å²) in [5.74, 6) is 0. The Morgan fingerprint density at radius 1 is 1.38 bits per heavy atom. The number of nitrogens with zero attached hydrogens (tertiary/aromatic N) is 2. The summed E-state index contributed by atoms with van der Waals surface area (Å²) in [4.78, 5) is 7.75. The van der Waals surface area contributed by atoms with E-state index in [0.717, 1.165) is 6.34 Å². The molecule has 0 radical (unpaired) electrons. The third-order valence-corrected chi connectivity index (χ3v) is 2.87. The number of fused-ring (bicyclic) bond motifs is 1. The van der Waals surface area contributed by atoms with E-state index >= 15 is 0 Å². The van der Waals surface area contributed by atoms with E-state index in [-0.39, 0.29) is 5.03 Å². The molecule has 1 aromatic heterocycles. The van der Waals surface area contributed by atoms with Crippen molar-refractivity contribution in [2.75, 3.05) is 0 Å². The van der Waals surface area contributed by atoms with E-state index < -0.39 is 10.0 Å². The standard InChI is InChI=1S/C7H7N3O2S/c1-5-2-3-6-7(10-5)13(11,12)9-4-8-6/h2-4H,1H3,(H,8,9). The minimum absolute atomic E-state index is 0.00463. The van der Waals surface area contributed by atoms with Crippen molar-refractivity contribution < 1.29 is 8.42 Å². The number of nitrogens with one attached hydrogen (secondary N) is 1. The van der Waals surface area contributed by atoms with Crippen LogP contribution >= 0.6 is 0 Å². The van der Waals surface area contributed by atoms with Gasteiger partial charge in [0.2, 0.25) is 5.03 Å². The lowest BCUT2D eigenvalue weighted by atomic mass is 10.3. The molecule has 68 valence electrons. The van der Waals surface area contributed by atoms with Crippen LogP contribution < -0.4 is 4.72 Å². The first-order valence-corrected chi connectivity index (χ1v) is 5.10. The van der Waals surface area contributed by atoms with E-state index in [1.165, 1.54) is 0 Å². The summed E-state index contributed by atoms with van der Waals surface area (Å²) in [6.07, 6.45) is 1.15. The molecule has 0 amide bonds. The molecule has 1 aliphatic heterocycles. The van der Waals surface area contributed by atoms with E-state index in [9.17, 15) is 8.42 Å². The Bertz CT molecular complexity index is 479. The maximum absolute atomic E-state index is 11.4. The molecular formula is C7H7N3O2S. The Morgan fingerprint density at radius 3 is 2.92 bits per heavy atom. The second-order valence-electron chi connectivity index (χ2n) is 2.66. The second kappa shape index (κ2) is 2.53. The normalized spacial score (nSPS) is 17.6. The van der Waals surface area contributed by atoms with Gasteiger partial charge < -0.3 is 0 Å². The van der Waals surface area contributed by atoms with Crippen molar-refractivity contribution in [3.05, 3.63) is 17.8 Å².